The lowest BCUT2D eigenvalue weighted by Gasteiger charge is -2.02. The summed E-state index contributed by atoms with van der Waals surface area (Å²) in [5.74, 6) is 0.0459. The van der Waals surface area contributed by atoms with Gasteiger partial charge in [0.25, 0.3) is 0 Å². The standard InChI is InChI=1S/C22H15BrClNO2/c23-18-6-1-16(2-7-18)5-14-22(26)27-21-12-3-17(4-13-21)15-25-20-10-8-19(24)9-11-20/h1-15H. The van der Waals surface area contributed by atoms with Crippen LogP contribution in [0.25, 0.3) is 6.08 Å². The predicted octanol–water partition coefficient (Wildman–Crippen LogP) is 6.47. The number of nitrogens with zero attached hydrogens (tertiary/aromatic N) is 1. The zero-order chi connectivity index (χ0) is 19.1. The molecular weight excluding hydrogens is 426 g/mol. The topological polar surface area (TPSA) is 38.7 Å². The first-order valence-corrected chi connectivity index (χ1v) is 9.31. The summed E-state index contributed by atoms with van der Waals surface area (Å²) < 4.78 is 6.28. The van der Waals surface area contributed by atoms with Crippen molar-refractivity contribution < 1.29 is 9.53 Å². The molecule has 0 heterocycles. The first-order chi connectivity index (χ1) is 13.1. The van der Waals surface area contributed by atoms with Crippen LogP contribution in [0.1, 0.15) is 11.1 Å². The van der Waals surface area contributed by atoms with Gasteiger partial charge in [-0.2, -0.15) is 0 Å². The molecule has 0 bridgehead atoms. The molecule has 0 N–H and O–H groups in total. The van der Waals surface area contributed by atoms with Gasteiger partial charge in [-0.3, -0.25) is 4.99 Å². The number of hydrogen-bond donors (Lipinski definition) is 0. The summed E-state index contributed by atoms with van der Waals surface area (Å²) in [5, 5.41) is 0.675. The molecule has 27 heavy (non-hydrogen) atoms. The second kappa shape index (κ2) is 9.31. The van der Waals surface area contributed by atoms with Crippen molar-refractivity contribution >= 4 is 51.5 Å². The van der Waals surface area contributed by atoms with Crippen molar-refractivity contribution in [2.45, 2.75) is 0 Å². The maximum atomic E-state index is 11.9. The highest BCUT2D eigenvalue weighted by molar-refractivity contribution is 9.10. The molecule has 3 aromatic rings. The van der Waals surface area contributed by atoms with Crippen LogP contribution in [0.15, 0.2) is 88.3 Å². The molecule has 3 nitrogen and oxygen atoms in total. The van der Waals surface area contributed by atoms with Crippen LogP contribution in [-0.4, -0.2) is 12.2 Å². The van der Waals surface area contributed by atoms with Crippen LogP contribution in [-0.2, 0) is 4.79 Å². The molecule has 0 amide bonds. The molecule has 0 aromatic heterocycles. The second-order valence-electron chi connectivity index (χ2n) is 5.61. The second-order valence-corrected chi connectivity index (χ2v) is 6.96. The molecular formula is C22H15BrClNO2. The lowest BCUT2D eigenvalue weighted by Crippen LogP contribution is -2.03. The minimum Gasteiger partial charge on any atom is -0.423 e. The smallest absolute Gasteiger partial charge is 0.336 e. The van der Waals surface area contributed by atoms with Crippen LogP contribution in [0.2, 0.25) is 5.02 Å². The fourth-order valence-electron chi connectivity index (χ4n) is 2.19. The molecule has 5 heteroatoms. The van der Waals surface area contributed by atoms with Gasteiger partial charge in [0, 0.05) is 21.8 Å². The number of carbonyl (C=O) groups excluding carboxylic acids is 1. The van der Waals surface area contributed by atoms with E-state index >= 15 is 0 Å². The van der Waals surface area contributed by atoms with Crippen molar-refractivity contribution in [3.8, 4) is 5.75 Å². The fraction of sp³-hybridized carbons (Fsp3) is 0. The molecule has 0 radical (unpaired) electrons. The lowest BCUT2D eigenvalue weighted by atomic mass is 10.2. The minimum absolute atomic E-state index is 0.430. The van der Waals surface area contributed by atoms with Crippen molar-refractivity contribution in [3.05, 3.63) is 99.5 Å². The number of rotatable bonds is 5. The summed E-state index contributed by atoms with van der Waals surface area (Å²) in [6.45, 7) is 0. The predicted molar refractivity (Wildman–Crippen MR) is 114 cm³/mol. The maximum Gasteiger partial charge on any atom is 0.336 e. The van der Waals surface area contributed by atoms with Gasteiger partial charge in [-0.15, -0.1) is 0 Å². The van der Waals surface area contributed by atoms with Gasteiger partial charge >= 0.3 is 5.97 Å². The summed E-state index contributed by atoms with van der Waals surface area (Å²) in [6.07, 6.45) is 4.85. The van der Waals surface area contributed by atoms with E-state index in [2.05, 4.69) is 20.9 Å². The molecule has 0 atom stereocenters. The highest BCUT2D eigenvalue weighted by atomic mass is 79.9. The van der Waals surface area contributed by atoms with Crippen LogP contribution >= 0.6 is 27.5 Å². The van der Waals surface area contributed by atoms with Crippen LogP contribution in [0.4, 0.5) is 5.69 Å². The van der Waals surface area contributed by atoms with Crippen molar-refractivity contribution in [1.29, 1.82) is 0 Å². The molecule has 0 fully saturated rings. The van der Waals surface area contributed by atoms with Gasteiger partial charge in [0.15, 0.2) is 0 Å². The van der Waals surface area contributed by atoms with Crippen LogP contribution in [0, 0.1) is 0 Å². The Kier molecular flexibility index (Phi) is 6.58. The Hall–Kier alpha value is -2.69. The van der Waals surface area contributed by atoms with Gasteiger partial charge < -0.3 is 4.74 Å². The van der Waals surface area contributed by atoms with Gasteiger partial charge in [0.05, 0.1) is 5.69 Å². The molecule has 0 spiro atoms. The zero-order valence-corrected chi connectivity index (χ0v) is 16.5. The maximum absolute atomic E-state index is 11.9. The monoisotopic (exact) mass is 439 g/mol. The largest absolute Gasteiger partial charge is 0.423 e. The van der Waals surface area contributed by atoms with Crippen molar-refractivity contribution in [3.63, 3.8) is 0 Å². The third-order valence-corrected chi connectivity index (χ3v) is 4.35. The summed E-state index contributed by atoms with van der Waals surface area (Å²) >= 11 is 9.22. The van der Waals surface area contributed by atoms with E-state index in [1.807, 2.05) is 48.5 Å². The van der Waals surface area contributed by atoms with Crippen molar-refractivity contribution in [2.24, 2.45) is 4.99 Å². The first kappa shape index (κ1) is 19.1. The third kappa shape index (κ3) is 6.20. The molecule has 0 unspecified atom stereocenters. The Balaban J connectivity index is 1.57. The van der Waals surface area contributed by atoms with Crippen molar-refractivity contribution in [2.75, 3.05) is 0 Å². The van der Waals surface area contributed by atoms with E-state index in [-0.39, 0.29) is 0 Å². The van der Waals surface area contributed by atoms with E-state index in [1.54, 1.807) is 36.6 Å². The van der Waals surface area contributed by atoms with Gasteiger partial charge in [-0.1, -0.05) is 39.7 Å². The van der Waals surface area contributed by atoms with Gasteiger partial charge in [-0.25, -0.2) is 4.79 Å². The molecule has 134 valence electrons. The van der Waals surface area contributed by atoms with E-state index in [1.165, 1.54) is 6.08 Å². The zero-order valence-electron chi connectivity index (χ0n) is 14.2. The Morgan fingerprint density at radius 3 is 2.19 bits per heavy atom. The number of ether oxygens (including phenoxy) is 1. The summed E-state index contributed by atoms with van der Waals surface area (Å²) in [4.78, 5) is 16.3. The van der Waals surface area contributed by atoms with Crippen LogP contribution < -0.4 is 4.74 Å². The Morgan fingerprint density at radius 1 is 0.889 bits per heavy atom. The van der Waals surface area contributed by atoms with E-state index in [0.717, 1.165) is 21.3 Å². The number of carbonyl (C=O) groups is 1. The Bertz CT molecular complexity index is 963. The summed E-state index contributed by atoms with van der Waals surface area (Å²) in [5.41, 5.74) is 2.63. The van der Waals surface area contributed by atoms with Gasteiger partial charge in [-0.05, 0) is 77.9 Å². The van der Waals surface area contributed by atoms with E-state index in [4.69, 9.17) is 16.3 Å². The Morgan fingerprint density at radius 2 is 1.52 bits per heavy atom. The minimum atomic E-state index is -0.430. The number of hydrogen-bond acceptors (Lipinski definition) is 3. The Labute approximate surface area is 171 Å². The average Bonchev–Trinajstić information content (AvgIpc) is 2.68. The highest BCUT2D eigenvalue weighted by Crippen LogP contribution is 2.17. The molecule has 3 rings (SSSR count). The normalized spacial score (nSPS) is 11.2. The number of aliphatic imine (C=N–C) groups is 1. The van der Waals surface area contributed by atoms with Crippen LogP contribution in [0.5, 0.6) is 5.75 Å². The van der Waals surface area contributed by atoms with E-state index in [0.29, 0.717) is 10.8 Å². The SMILES string of the molecule is O=C(C=Cc1ccc(Br)cc1)Oc1ccc(C=Nc2ccc(Cl)cc2)cc1. The van der Waals surface area contributed by atoms with Gasteiger partial charge in [0.1, 0.15) is 5.75 Å². The van der Waals surface area contributed by atoms with E-state index < -0.39 is 5.97 Å². The number of halogens is 2. The molecule has 3 aromatic carbocycles. The molecule has 0 aliphatic rings. The molecule has 0 saturated carbocycles. The summed E-state index contributed by atoms with van der Waals surface area (Å²) in [7, 11) is 0. The molecule has 0 saturated heterocycles. The number of benzene rings is 3. The summed E-state index contributed by atoms with van der Waals surface area (Å²) in [6, 6.07) is 22.0. The third-order valence-electron chi connectivity index (χ3n) is 3.57. The van der Waals surface area contributed by atoms with E-state index in [9.17, 15) is 4.79 Å². The quantitative estimate of drug-likeness (QED) is 0.197. The number of esters is 1. The molecule has 0 aliphatic carbocycles. The fourth-order valence-corrected chi connectivity index (χ4v) is 2.58. The highest BCUT2D eigenvalue weighted by Gasteiger charge is 2.00. The van der Waals surface area contributed by atoms with Crippen molar-refractivity contribution in [1.82, 2.24) is 0 Å². The van der Waals surface area contributed by atoms with Crippen LogP contribution in [0.3, 0.4) is 0 Å². The first-order valence-electron chi connectivity index (χ1n) is 8.14. The molecule has 0 aliphatic heterocycles. The average molecular weight is 441 g/mol. The lowest BCUT2D eigenvalue weighted by molar-refractivity contribution is -0.128. The van der Waals surface area contributed by atoms with Gasteiger partial charge in [0.2, 0.25) is 0 Å².